The van der Waals surface area contributed by atoms with Crippen molar-refractivity contribution in [1.29, 1.82) is 0 Å². The Morgan fingerprint density at radius 2 is 1.84 bits per heavy atom. The van der Waals surface area contributed by atoms with Crippen LogP contribution in [0.4, 0.5) is 0 Å². The first-order valence-electron chi connectivity index (χ1n) is 9.45. The van der Waals surface area contributed by atoms with Crippen molar-refractivity contribution in [2.75, 3.05) is 26.9 Å². The summed E-state index contributed by atoms with van der Waals surface area (Å²) in [6.45, 7) is 2.56. The third kappa shape index (κ3) is 4.37. The van der Waals surface area contributed by atoms with Gasteiger partial charge in [0.1, 0.15) is 25.5 Å². The molecule has 0 saturated heterocycles. The number of carbonyl (C=O) groups excluding carboxylic acids is 1. The van der Waals surface area contributed by atoms with Crippen LogP contribution in [-0.4, -0.2) is 45.9 Å². The van der Waals surface area contributed by atoms with Crippen molar-refractivity contribution < 1.29 is 32.2 Å². The SMILES string of the molecule is CCOC(=O)Cn1/c(=N/S(=O)(=O)c2ccc(OC)cc2)sc2cc3c(cc21)OCCO3. The van der Waals surface area contributed by atoms with Crippen LogP contribution in [0.5, 0.6) is 17.2 Å². The molecule has 0 spiro atoms. The number of ether oxygens (including phenoxy) is 4. The summed E-state index contributed by atoms with van der Waals surface area (Å²) < 4.78 is 53.4. The molecule has 0 radical (unpaired) electrons. The van der Waals surface area contributed by atoms with E-state index in [-0.39, 0.29) is 22.8 Å². The summed E-state index contributed by atoms with van der Waals surface area (Å²) in [4.78, 5) is 12.4. The highest BCUT2D eigenvalue weighted by atomic mass is 32.2. The number of fused-ring (bicyclic) bond motifs is 2. The molecule has 1 aromatic heterocycles. The number of thiazole rings is 1. The molecule has 0 aliphatic carbocycles. The Hall–Kier alpha value is -3.05. The molecule has 0 atom stereocenters. The topological polar surface area (TPSA) is 105 Å². The molecule has 0 N–H and O–H groups in total. The van der Waals surface area contributed by atoms with Gasteiger partial charge in [-0.15, -0.1) is 4.40 Å². The average molecular weight is 465 g/mol. The summed E-state index contributed by atoms with van der Waals surface area (Å²) in [7, 11) is -2.53. The van der Waals surface area contributed by atoms with Gasteiger partial charge in [-0.25, -0.2) is 0 Å². The van der Waals surface area contributed by atoms with E-state index in [9.17, 15) is 13.2 Å². The minimum absolute atomic E-state index is 0.0133. The molecule has 31 heavy (non-hydrogen) atoms. The normalized spacial score (nSPS) is 13.9. The fraction of sp³-hybridized carbons (Fsp3) is 0.300. The van der Waals surface area contributed by atoms with Gasteiger partial charge in [-0.1, -0.05) is 11.3 Å². The average Bonchev–Trinajstić information content (AvgIpc) is 3.07. The van der Waals surface area contributed by atoms with Crippen molar-refractivity contribution in [2.24, 2.45) is 4.40 Å². The van der Waals surface area contributed by atoms with Crippen molar-refractivity contribution >= 4 is 37.5 Å². The number of aromatic nitrogens is 1. The lowest BCUT2D eigenvalue weighted by molar-refractivity contribution is -0.143. The molecule has 9 nitrogen and oxygen atoms in total. The van der Waals surface area contributed by atoms with Crippen LogP contribution in [0, 0.1) is 0 Å². The minimum Gasteiger partial charge on any atom is -0.497 e. The molecule has 0 unspecified atom stereocenters. The molecule has 0 saturated carbocycles. The number of sulfonamides is 1. The minimum atomic E-state index is -4.03. The molecular weight excluding hydrogens is 444 g/mol. The molecule has 2 heterocycles. The number of rotatable bonds is 6. The van der Waals surface area contributed by atoms with Crippen LogP contribution < -0.4 is 19.0 Å². The quantitative estimate of drug-likeness (QED) is 0.516. The van der Waals surface area contributed by atoms with Crippen LogP contribution in [0.15, 0.2) is 45.7 Å². The van der Waals surface area contributed by atoms with E-state index in [1.54, 1.807) is 31.2 Å². The summed E-state index contributed by atoms with van der Waals surface area (Å²) in [6, 6.07) is 9.40. The zero-order valence-electron chi connectivity index (χ0n) is 16.9. The van der Waals surface area contributed by atoms with Gasteiger partial charge >= 0.3 is 5.97 Å². The number of hydrogen-bond donors (Lipinski definition) is 0. The second-order valence-electron chi connectivity index (χ2n) is 6.48. The molecule has 164 valence electrons. The van der Waals surface area contributed by atoms with E-state index in [4.69, 9.17) is 18.9 Å². The molecule has 2 aromatic carbocycles. The monoisotopic (exact) mass is 464 g/mol. The first kappa shape index (κ1) is 21.2. The Kier molecular flexibility index (Phi) is 5.88. The van der Waals surface area contributed by atoms with Gasteiger partial charge in [-0.2, -0.15) is 8.42 Å². The van der Waals surface area contributed by atoms with Gasteiger partial charge in [0.15, 0.2) is 11.5 Å². The fourth-order valence-corrected chi connectivity index (χ4v) is 5.31. The lowest BCUT2D eigenvalue weighted by Crippen LogP contribution is -2.23. The molecule has 4 rings (SSSR count). The summed E-state index contributed by atoms with van der Waals surface area (Å²) >= 11 is 1.14. The predicted octanol–water partition coefficient (Wildman–Crippen LogP) is 2.34. The van der Waals surface area contributed by atoms with E-state index in [1.807, 2.05) is 0 Å². The number of carbonyl (C=O) groups is 1. The molecule has 0 bridgehead atoms. The summed E-state index contributed by atoms with van der Waals surface area (Å²) in [6.07, 6.45) is 0. The third-order valence-corrected chi connectivity index (χ3v) is 6.93. The molecule has 1 aliphatic rings. The molecule has 1 aliphatic heterocycles. The van der Waals surface area contributed by atoms with Gasteiger partial charge in [0.05, 0.1) is 28.8 Å². The molecule has 0 amide bonds. The van der Waals surface area contributed by atoms with Crippen molar-refractivity contribution in [3.8, 4) is 17.2 Å². The van der Waals surface area contributed by atoms with Gasteiger partial charge in [0.2, 0.25) is 4.80 Å². The summed E-state index contributed by atoms with van der Waals surface area (Å²) in [5.74, 6) is 1.12. The van der Waals surface area contributed by atoms with E-state index in [0.29, 0.717) is 40.7 Å². The van der Waals surface area contributed by atoms with Crippen LogP contribution in [0.1, 0.15) is 6.92 Å². The van der Waals surface area contributed by atoms with E-state index in [2.05, 4.69) is 4.40 Å². The summed E-state index contributed by atoms with van der Waals surface area (Å²) in [5.41, 5.74) is 0.603. The van der Waals surface area contributed by atoms with Crippen molar-refractivity contribution in [2.45, 2.75) is 18.4 Å². The Labute approximate surface area is 182 Å². The Morgan fingerprint density at radius 1 is 1.16 bits per heavy atom. The van der Waals surface area contributed by atoms with E-state index < -0.39 is 16.0 Å². The Bertz CT molecular complexity index is 1290. The Morgan fingerprint density at radius 3 is 2.48 bits per heavy atom. The van der Waals surface area contributed by atoms with Gasteiger partial charge in [0, 0.05) is 12.1 Å². The van der Waals surface area contributed by atoms with E-state index in [1.165, 1.54) is 23.8 Å². The van der Waals surface area contributed by atoms with Crippen LogP contribution in [0.25, 0.3) is 10.2 Å². The van der Waals surface area contributed by atoms with Crippen LogP contribution in [0.3, 0.4) is 0 Å². The largest absolute Gasteiger partial charge is 0.497 e. The zero-order chi connectivity index (χ0) is 22.0. The highest BCUT2D eigenvalue weighted by Crippen LogP contribution is 2.35. The number of benzene rings is 2. The lowest BCUT2D eigenvalue weighted by atomic mass is 10.2. The van der Waals surface area contributed by atoms with Crippen LogP contribution in [0.2, 0.25) is 0 Å². The fourth-order valence-electron chi connectivity index (χ4n) is 3.07. The predicted molar refractivity (Wildman–Crippen MR) is 113 cm³/mol. The number of nitrogens with zero attached hydrogens (tertiary/aromatic N) is 2. The number of methoxy groups -OCH3 is 1. The van der Waals surface area contributed by atoms with Crippen molar-refractivity contribution in [1.82, 2.24) is 4.57 Å². The second kappa shape index (κ2) is 8.60. The maximum Gasteiger partial charge on any atom is 0.326 e. The maximum absolute atomic E-state index is 12.9. The lowest BCUT2D eigenvalue weighted by Gasteiger charge is -2.18. The molecule has 3 aromatic rings. The first-order chi connectivity index (χ1) is 14.9. The maximum atomic E-state index is 12.9. The van der Waals surface area contributed by atoms with Crippen LogP contribution in [-0.2, 0) is 26.1 Å². The highest BCUT2D eigenvalue weighted by Gasteiger charge is 2.20. The van der Waals surface area contributed by atoms with Gasteiger partial charge in [-0.05, 0) is 31.2 Å². The van der Waals surface area contributed by atoms with Gasteiger partial charge < -0.3 is 23.5 Å². The third-order valence-electron chi connectivity index (χ3n) is 4.49. The molecule has 11 heteroatoms. The van der Waals surface area contributed by atoms with Gasteiger partial charge in [-0.3, -0.25) is 4.79 Å². The van der Waals surface area contributed by atoms with Crippen molar-refractivity contribution in [3.63, 3.8) is 0 Å². The summed E-state index contributed by atoms with van der Waals surface area (Å²) in [5, 5.41) is 0. The molecular formula is C20H20N2O7S2. The smallest absolute Gasteiger partial charge is 0.326 e. The standard InChI is InChI=1S/C20H20N2O7S2/c1-3-27-19(23)12-22-15-10-16-17(29-9-8-28-16)11-18(15)30-20(22)21-31(24,25)14-6-4-13(26-2)5-7-14/h4-7,10-11H,3,8-9,12H2,1-2H3/b21-20-. The molecule has 0 fully saturated rings. The Balaban J connectivity index is 1.87. The number of hydrogen-bond acceptors (Lipinski definition) is 8. The first-order valence-corrected chi connectivity index (χ1v) is 11.7. The van der Waals surface area contributed by atoms with Crippen molar-refractivity contribution in [3.05, 3.63) is 41.2 Å². The van der Waals surface area contributed by atoms with E-state index >= 15 is 0 Å². The second-order valence-corrected chi connectivity index (χ2v) is 9.09. The number of esters is 1. The van der Waals surface area contributed by atoms with E-state index in [0.717, 1.165) is 11.3 Å². The highest BCUT2D eigenvalue weighted by molar-refractivity contribution is 7.90. The zero-order valence-corrected chi connectivity index (χ0v) is 18.5. The van der Waals surface area contributed by atoms with Gasteiger partial charge in [0.25, 0.3) is 10.0 Å². The van der Waals surface area contributed by atoms with Crippen LogP contribution >= 0.6 is 11.3 Å².